The number of nitrogens with one attached hydrogen (secondary N) is 1. The summed E-state index contributed by atoms with van der Waals surface area (Å²) in [6.07, 6.45) is -0.832. The highest BCUT2D eigenvalue weighted by Crippen LogP contribution is 2.17. The van der Waals surface area contributed by atoms with E-state index in [-0.39, 0.29) is 11.8 Å². The molecule has 0 aliphatic heterocycles. The molecule has 1 unspecified atom stereocenters. The molecule has 1 amide bonds. The summed E-state index contributed by atoms with van der Waals surface area (Å²) < 4.78 is 10.1. The van der Waals surface area contributed by atoms with E-state index in [1.165, 1.54) is 6.92 Å². The van der Waals surface area contributed by atoms with Crippen LogP contribution in [0.2, 0.25) is 0 Å². The second-order valence-corrected chi connectivity index (χ2v) is 4.46. The molecule has 1 atom stereocenters. The van der Waals surface area contributed by atoms with Gasteiger partial charge in [0.2, 0.25) is 0 Å². The molecule has 0 fully saturated rings. The number of hydrogen-bond acceptors (Lipinski definition) is 4. The summed E-state index contributed by atoms with van der Waals surface area (Å²) in [5.41, 5.74) is 0.594. The minimum absolute atomic E-state index is 0.257. The Morgan fingerprint density at radius 3 is 2.47 bits per heavy atom. The molecule has 1 aromatic rings. The van der Waals surface area contributed by atoms with Crippen molar-refractivity contribution in [3.8, 4) is 5.75 Å². The first-order valence-electron chi connectivity index (χ1n) is 6.09. The third kappa shape index (κ3) is 4.62. The maximum Gasteiger partial charge on any atom is 0.309 e. The van der Waals surface area contributed by atoms with Gasteiger partial charge >= 0.3 is 5.97 Å². The zero-order valence-electron chi connectivity index (χ0n) is 11.6. The fraction of sp³-hybridized carbons (Fsp3) is 0.429. The van der Waals surface area contributed by atoms with Crippen LogP contribution < -0.4 is 10.1 Å². The molecule has 0 aliphatic rings. The van der Waals surface area contributed by atoms with Crippen LogP contribution >= 0.6 is 0 Å². The van der Waals surface area contributed by atoms with Crippen LogP contribution in [0.4, 0.5) is 5.69 Å². The summed E-state index contributed by atoms with van der Waals surface area (Å²) in [5, 5.41) is 2.66. The molecule has 0 bridgehead atoms. The molecule has 0 saturated carbocycles. The Hall–Kier alpha value is -2.04. The highest BCUT2D eigenvalue weighted by Gasteiger charge is 2.19. The van der Waals surface area contributed by atoms with Crippen LogP contribution in [-0.4, -0.2) is 25.1 Å². The van der Waals surface area contributed by atoms with E-state index >= 15 is 0 Å². The molecule has 1 rings (SSSR count). The third-order valence-corrected chi connectivity index (χ3v) is 2.47. The number of carbonyl (C=O) groups excluding carboxylic acids is 2. The van der Waals surface area contributed by atoms with Crippen LogP contribution in [0, 0.1) is 5.92 Å². The van der Waals surface area contributed by atoms with Crippen molar-refractivity contribution < 1.29 is 19.1 Å². The largest absolute Gasteiger partial charge is 0.497 e. The van der Waals surface area contributed by atoms with Crippen LogP contribution in [0.1, 0.15) is 20.8 Å². The van der Waals surface area contributed by atoms with Crippen LogP contribution in [0.3, 0.4) is 0 Å². The number of ether oxygens (including phenoxy) is 2. The average molecular weight is 265 g/mol. The van der Waals surface area contributed by atoms with Crippen LogP contribution in [0.25, 0.3) is 0 Å². The van der Waals surface area contributed by atoms with Crippen molar-refractivity contribution in [3.63, 3.8) is 0 Å². The van der Waals surface area contributed by atoms with Crippen LogP contribution in [0.15, 0.2) is 24.3 Å². The number of benzene rings is 1. The fourth-order valence-electron chi connectivity index (χ4n) is 1.31. The predicted molar refractivity (Wildman–Crippen MR) is 72.0 cm³/mol. The summed E-state index contributed by atoms with van der Waals surface area (Å²) in [5.74, 6) is -0.382. The number of esters is 1. The first kappa shape index (κ1) is 15.0. The number of methoxy groups -OCH3 is 1. The third-order valence-electron chi connectivity index (χ3n) is 2.47. The van der Waals surface area contributed by atoms with Gasteiger partial charge in [0.1, 0.15) is 5.75 Å². The van der Waals surface area contributed by atoms with Gasteiger partial charge in [0.25, 0.3) is 5.91 Å². The number of hydrogen-bond donors (Lipinski definition) is 1. The van der Waals surface area contributed by atoms with E-state index in [0.29, 0.717) is 11.4 Å². The van der Waals surface area contributed by atoms with Crippen molar-refractivity contribution in [1.82, 2.24) is 0 Å². The van der Waals surface area contributed by atoms with E-state index in [9.17, 15) is 9.59 Å². The number of anilines is 1. The van der Waals surface area contributed by atoms with Gasteiger partial charge in [0, 0.05) is 11.8 Å². The molecule has 5 heteroatoms. The first-order chi connectivity index (χ1) is 8.93. The molecule has 5 nitrogen and oxygen atoms in total. The van der Waals surface area contributed by atoms with Gasteiger partial charge in [-0.15, -0.1) is 0 Å². The molecule has 1 N–H and O–H groups in total. The molecule has 19 heavy (non-hydrogen) atoms. The van der Waals surface area contributed by atoms with Gasteiger partial charge in [0.05, 0.1) is 13.0 Å². The molecular formula is C14H19NO4. The molecule has 104 valence electrons. The molecule has 0 spiro atoms. The lowest BCUT2D eigenvalue weighted by molar-refractivity contribution is -0.156. The Labute approximate surface area is 112 Å². The molecule has 0 saturated heterocycles. The number of carbonyl (C=O) groups is 2. The molecule has 0 heterocycles. The lowest BCUT2D eigenvalue weighted by Gasteiger charge is -2.15. The second kappa shape index (κ2) is 6.78. The van der Waals surface area contributed by atoms with Gasteiger partial charge in [0.15, 0.2) is 6.10 Å². The predicted octanol–water partition coefficient (Wildman–Crippen LogP) is 2.22. The topological polar surface area (TPSA) is 64.6 Å². The van der Waals surface area contributed by atoms with Gasteiger partial charge < -0.3 is 14.8 Å². The Morgan fingerprint density at radius 1 is 1.21 bits per heavy atom. The molecular weight excluding hydrogens is 246 g/mol. The van der Waals surface area contributed by atoms with Gasteiger partial charge in [-0.05, 0) is 19.1 Å². The van der Waals surface area contributed by atoms with E-state index in [1.807, 2.05) is 0 Å². The van der Waals surface area contributed by atoms with E-state index in [1.54, 1.807) is 45.2 Å². The van der Waals surface area contributed by atoms with Crippen molar-refractivity contribution >= 4 is 17.6 Å². The minimum atomic E-state index is -0.832. The van der Waals surface area contributed by atoms with Gasteiger partial charge in [-0.2, -0.15) is 0 Å². The van der Waals surface area contributed by atoms with Crippen LogP contribution in [-0.2, 0) is 14.3 Å². The molecule has 0 aliphatic carbocycles. The van der Waals surface area contributed by atoms with Crippen molar-refractivity contribution in [2.45, 2.75) is 26.9 Å². The molecule has 0 radical (unpaired) electrons. The van der Waals surface area contributed by atoms with Crippen LogP contribution in [0.5, 0.6) is 5.75 Å². The van der Waals surface area contributed by atoms with E-state index < -0.39 is 12.1 Å². The molecule has 0 aromatic heterocycles. The maximum absolute atomic E-state index is 11.8. The van der Waals surface area contributed by atoms with Gasteiger partial charge in [-0.3, -0.25) is 9.59 Å². The van der Waals surface area contributed by atoms with E-state index in [0.717, 1.165) is 0 Å². The quantitative estimate of drug-likeness (QED) is 0.829. The normalized spacial score (nSPS) is 11.8. The SMILES string of the molecule is COc1cccc(NC(=O)C(C)OC(=O)C(C)C)c1. The lowest BCUT2D eigenvalue weighted by atomic mass is 10.2. The second-order valence-electron chi connectivity index (χ2n) is 4.46. The smallest absolute Gasteiger partial charge is 0.309 e. The highest BCUT2D eigenvalue weighted by molar-refractivity contribution is 5.95. The lowest BCUT2D eigenvalue weighted by Crippen LogP contribution is -2.31. The maximum atomic E-state index is 11.8. The van der Waals surface area contributed by atoms with Gasteiger partial charge in [-0.1, -0.05) is 19.9 Å². The standard InChI is InChI=1S/C14H19NO4/c1-9(2)14(17)19-10(3)13(16)15-11-6-5-7-12(8-11)18-4/h5-10H,1-4H3,(H,15,16). The first-order valence-corrected chi connectivity index (χ1v) is 6.09. The Bertz CT molecular complexity index is 457. The number of amides is 1. The Balaban J connectivity index is 2.60. The summed E-state index contributed by atoms with van der Waals surface area (Å²) in [6, 6.07) is 6.96. The average Bonchev–Trinajstić information content (AvgIpc) is 2.38. The fourth-order valence-corrected chi connectivity index (χ4v) is 1.31. The molecule has 1 aromatic carbocycles. The minimum Gasteiger partial charge on any atom is -0.497 e. The zero-order valence-corrected chi connectivity index (χ0v) is 11.6. The van der Waals surface area contributed by atoms with E-state index in [2.05, 4.69) is 5.32 Å². The van der Waals surface area contributed by atoms with Crippen molar-refractivity contribution in [2.24, 2.45) is 5.92 Å². The highest BCUT2D eigenvalue weighted by atomic mass is 16.5. The Kier molecular flexibility index (Phi) is 5.36. The van der Waals surface area contributed by atoms with Crippen molar-refractivity contribution in [3.05, 3.63) is 24.3 Å². The summed E-state index contributed by atoms with van der Waals surface area (Å²) in [7, 11) is 1.55. The number of rotatable bonds is 5. The van der Waals surface area contributed by atoms with E-state index in [4.69, 9.17) is 9.47 Å². The van der Waals surface area contributed by atoms with Gasteiger partial charge in [-0.25, -0.2) is 0 Å². The summed E-state index contributed by atoms with van der Waals surface area (Å²) >= 11 is 0. The Morgan fingerprint density at radius 2 is 1.89 bits per heavy atom. The van der Waals surface area contributed by atoms with Crippen molar-refractivity contribution in [2.75, 3.05) is 12.4 Å². The monoisotopic (exact) mass is 265 g/mol. The summed E-state index contributed by atoms with van der Waals surface area (Å²) in [4.78, 5) is 23.2. The van der Waals surface area contributed by atoms with Crippen molar-refractivity contribution in [1.29, 1.82) is 0 Å². The summed E-state index contributed by atoms with van der Waals surface area (Å²) in [6.45, 7) is 4.97. The zero-order chi connectivity index (χ0) is 14.4.